The van der Waals surface area contributed by atoms with E-state index < -0.39 is 10.0 Å². The molecule has 0 aromatic heterocycles. The van der Waals surface area contributed by atoms with Gasteiger partial charge in [0.05, 0.1) is 4.90 Å². The van der Waals surface area contributed by atoms with E-state index in [2.05, 4.69) is 5.32 Å². The van der Waals surface area contributed by atoms with Gasteiger partial charge in [0.1, 0.15) is 0 Å². The average molecular weight is 350 g/mol. The summed E-state index contributed by atoms with van der Waals surface area (Å²) in [6.07, 6.45) is 8.73. The quantitative estimate of drug-likeness (QED) is 0.849. The Morgan fingerprint density at radius 3 is 2.08 bits per heavy atom. The highest BCUT2D eigenvalue weighted by atomic mass is 32.2. The van der Waals surface area contributed by atoms with Crippen molar-refractivity contribution in [3.63, 3.8) is 0 Å². The van der Waals surface area contributed by atoms with Gasteiger partial charge in [-0.3, -0.25) is 4.79 Å². The van der Waals surface area contributed by atoms with Gasteiger partial charge in [0.15, 0.2) is 0 Å². The second-order valence-corrected chi connectivity index (χ2v) is 8.74. The average Bonchev–Trinajstić information content (AvgIpc) is 3.02. The van der Waals surface area contributed by atoms with E-state index >= 15 is 0 Å². The van der Waals surface area contributed by atoms with Crippen molar-refractivity contribution in [2.75, 3.05) is 13.1 Å². The van der Waals surface area contributed by atoms with Crippen molar-refractivity contribution in [3.8, 4) is 0 Å². The van der Waals surface area contributed by atoms with Gasteiger partial charge in [-0.25, -0.2) is 8.42 Å². The van der Waals surface area contributed by atoms with Crippen molar-refractivity contribution in [1.82, 2.24) is 9.62 Å². The second kappa shape index (κ2) is 7.66. The Morgan fingerprint density at radius 1 is 0.917 bits per heavy atom. The minimum absolute atomic E-state index is 0.105. The standard InChI is InChI=1S/C18H26N2O3S/c21-18(19-16-7-3-1-2-4-8-16)15-9-11-17(12-10-15)24(22,23)20-13-5-6-14-20/h9-12,16H,1-8,13-14H2,(H,19,21). The third kappa shape index (κ3) is 3.98. The maximum Gasteiger partial charge on any atom is 0.251 e. The van der Waals surface area contributed by atoms with E-state index in [1.807, 2.05) is 0 Å². The molecule has 0 radical (unpaired) electrons. The fourth-order valence-electron chi connectivity index (χ4n) is 3.55. The molecule has 0 atom stereocenters. The summed E-state index contributed by atoms with van der Waals surface area (Å²) >= 11 is 0. The van der Waals surface area contributed by atoms with Gasteiger partial charge in [0.2, 0.25) is 10.0 Å². The molecule has 132 valence electrons. The van der Waals surface area contributed by atoms with Crippen LogP contribution in [-0.2, 0) is 10.0 Å². The molecule has 2 aliphatic rings. The summed E-state index contributed by atoms with van der Waals surface area (Å²) < 4.78 is 26.5. The van der Waals surface area contributed by atoms with Crippen LogP contribution in [0.3, 0.4) is 0 Å². The van der Waals surface area contributed by atoms with Crippen LogP contribution in [0.25, 0.3) is 0 Å². The van der Waals surface area contributed by atoms with Crippen molar-refractivity contribution in [2.45, 2.75) is 62.3 Å². The molecule has 1 aromatic rings. The number of carbonyl (C=O) groups excluding carboxylic acids is 1. The monoisotopic (exact) mass is 350 g/mol. The smallest absolute Gasteiger partial charge is 0.251 e. The minimum Gasteiger partial charge on any atom is -0.349 e. The van der Waals surface area contributed by atoms with Crippen molar-refractivity contribution < 1.29 is 13.2 Å². The maximum absolute atomic E-state index is 12.5. The van der Waals surface area contributed by atoms with E-state index in [9.17, 15) is 13.2 Å². The zero-order chi connectivity index (χ0) is 17.0. The molecule has 24 heavy (non-hydrogen) atoms. The predicted octanol–water partition coefficient (Wildman–Crippen LogP) is 2.92. The number of benzene rings is 1. The lowest BCUT2D eigenvalue weighted by molar-refractivity contribution is 0.0933. The number of carbonyl (C=O) groups is 1. The molecule has 1 saturated heterocycles. The summed E-state index contributed by atoms with van der Waals surface area (Å²) in [6, 6.07) is 6.59. The number of hydrogen-bond acceptors (Lipinski definition) is 3. The molecule has 1 N–H and O–H groups in total. The molecule has 1 aliphatic heterocycles. The summed E-state index contributed by atoms with van der Waals surface area (Å²) in [5, 5.41) is 3.09. The highest BCUT2D eigenvalue weighted by Crippen LogP contribution is 2.21. The summed E-state index contributed by atoms with van der Waals surface area (Å²) in [7, 11) is -3.41. The van der Waals surface area contributed by atoms with Gasteiger partial charge in [-0.05, 0) is 49.9 Å². The Balaban J connectivity index is 1.66. The minimum atomic E-state index is -3.41. The molecule has 0 unspecified atom stereocenters. The lowest BCUT2D eigenvalue weighted by Gasteiger charge is -2.17. The normalized spacial score (nSPS) is 20.7. The van der Waals surface area contributed by atoms with Crippen LogP contribution in [-0.4, -0.2) is 37.8 Å². The van der Waals surface area contributed by atoms with E-state index in [-0.39, 0.29) is 16.8 Å². The molecule has 1 heterocycles. The van der Waals surface area contributed by atoms with Crippen molar-refractivity contribution >= 4 is 15.9 Å². The lowest BCUT2D eigenvalue weighted by atomic mass is 10.1. The Morgan fingerprint density at radius 2 is 1.50 bits per heavy atom. The van der Waals surface area contributed by atoms with Crippen LogP contribution in [0, 0.1) is 0 Å². The molecule has 1 amide bonds. The van der Waals surface area contributed by atoms with E-state index in [1.54, 1.807) is 24.3 Å². The molecule has 1 saturated carbocycles. The number of rotatable bonds is 4. The van der Waals surface area contributed by atoms with Crippen LogP contribution in [0.2, 0.25) is 0 Å². The maximum atomic E-state index is 12.5. The van der Waals surface area contributed by atoms with E-state index in [0.29, 0.717) is 18.7 Å². The summed E-state index contributed by atoms with van der Waals surface area (Å²) in [6.45, 7) is 1.18. The second-order valence-electron chi connectivity index (χ2n) is 6.80. The van der Waals surface area contributed by atoms with Crippen LogP contribution in [0.4, 0.5) is 0 Å². The summed E-state index contributed by atoms with van der Waals surface area (Å²) in [5.41, 5.74) is 0.527. The highest BCUT2D eigenvalue weighted by molar-refractivity contribution is 7.89. The first-order valence-electron chi connectivity index (χ1n) is 8.98. The molecular weight excluding hydrogens is 324 g/mol. The number of hydrogen-bond donors (Lipinski definition) is 1. The van der Waals surface area contributed by atoms with Gasteiger partial charge in [0, 0.05) is 24.7 Å². The first kappa shape index (κ1) is 17.4. The number of sulfonamides is 1. The molecule has 0 bridgehead atoms. The Bertz CT molecular complexity index is 656. The van der Waals surface area contributed by atoms with E-state index in [1.165, 1.54) is 17.1 Å². The predicted molar refractivity (Wildman–Crippen MR) is 93.4 cm³/mol. The highest BCUT2D eigenvalue weighted by Gasteiger charge is 2.27. The molecule has 1 aliphatic carbocycles. The van der Waals surface area contributed by atoms with Crippen LogP contribution in [0.15, 0.2) is 29.2 Å². The number of nitrogens with one attached hydrogen (secondary N) is 1. The van der Waals surface area contributed by atoms with Crippen molar-refractivity contribution in [3.05, 3.63) is 29.8 Å². The van der Waals surface area contributed by atoms with Crippen LogP contribution >= 0.6 is 0 Å². The SMILES string of the molecule is O=C(NC1CCCCCC1)c1ccc(S(=O)(=O)N2CCCC2)cc1. The lowest BCUT2D eigenvalue weighted by Crippen LogP contribution is -2.34. The molecule has 6 heteroatoms. The van der Waals surface area contributed by atoms with Gasteiger partial charge in [-0.1, -0.05) is 25.7 Å². The van der Waals surface area contributed by atoms with Crippen molar-refractivity contribution in [1.29, 1.82) is 0 Å². The summed E-state index contributed by atoms with van der Waals surface area (Å²) in [4.78, 5) is 12.6. The zero-order valence-electron chi connectivity index (χ0n) is 14.0. The molecule has 1 aromatic carbocycles. The first-order valence-corrected chi connectivity index (χ1v) is 10.4. The first-order chi connectivity index (χ1) is 11.6. The van der Waals surface area contributed by atoms with Gasteiger partial charge in [-0.15, -0.1) is 0 Å². The van der Waals surface area contributed by atoms with Crippen LogP contribution in [0.5, 0.6) is 0 Å². The topological polar surface area (TPSA) is 66.5 Å². The molecule has 5 nitrogen and oxygen atoms in total. The van der Waals surface area contributed by atoms with E-state index in [0.717, 1.165) is 38.5 Å². The largest absolute Gasteiger partial charge is 0.349 e. The van der Waals surface area contributed by atoms with Crippen LogP contribution < -0.4 is 5.32 Å². The Kier molecular flexibility index (Phi) is 5.56. The molecule has 0 spiro atoms. The molecule has 3 rings (SSSR count). The number of amides is 1. The molecular formula is C18H26N2O3S. The zero-order valence-corrected chi connectivity index (χ0v) is 14.9. The third-order valence-electron chi connectivity index (χ3n) is 5.01. The molecule has 2 fully saturated rings. The van der Waals surface area contributed by atoms with Crippen LogP contribution in [0.1, 0.15) is 61.7 Å². The van der Waals surface area contributed by atoms with Gasteiger partial charge < -0.3 is 5.32 Å². The van der Waals surface area contributed by atoms with Gasteiger partial charge in [-0.2, -0.15) is 4.31 Å². The third-order valence-corrected chi connectivity index (χ3v) is 6.92. The van der Waals surface area contributed by atoms with Gasteiger partial charge in [0.25, 0.3) is 5.91 Å². The van der Waals surface area contributed by atoms with E-state index in [4.69, 9.17) is 0 Å². The Labute approximate surface area is 144 Å². The fourth-order valence-corrected chi connectivity index (χ4v) is 5.07. The Hall–Kier alpha value is -1.40. The number of nitrogens with zero attached hydrogens (tertiary/aromatic N) is 1. The van der Waals surface area contributed by atoms with Crippen molar-refractivity contribution in [2.24, 2.45) is 0 Å². The van der Waals surface area contributed by atoms with Gasteiger partial charge >= 0.3 is 0 Å². The fraction of sp³-hybridized carbons (Fsp3) is 0.611. The summed E-state index contributed by atoms with van der Waals surface area (Å²) in [5.74, 6) is -0.105.